The molecule has 0 aromatic rings. The summed E-state index contributed by atoms with van der Waals surface area (Å²) in [4.78, 5) is 54.3. The molecular weight excluding hydrogens is 556 g/mol. The van der Waals surface area contributed by atoms with Crippen molar-refractivity contribution in [3.05, 3.63) is 45.7 Å². The topological polar surface area (TPSA) is 124 Å². The summed E-state index contributed by atoms with van der Waals surface area (Å²) in [5, 5.41) is 0. The monoisotopic (exact) mass is 604 g/mol. The van der Waals surface area contributed by atoms with E-state index in [2.05, 4.69) is 0 Å². The van der Waals surface area contributed by atoms with Crippen molar-refractivity contribution in [3.63, 3.8) is 0 Å². The fourth-order valence-electron chi connectivity index (χ4n) is 5.01. The number of hydrogen-bond acceptors (Lipinski definition) is 10. The number of rotatable bonds is 16. The highest BCUT2D eigenvalue weighted by molar-refractivity contribution is 6.25. The minimum atomic E-state index is -1.16. The summed E-state index contributed by atoms with van der Waals surface area (Å²) >= 11 is 0. The zero-order valence-electron chi connectivity index (χ0n) is 27.7. The van der Waals surface area contributed by atoms with Crippen molar-refractivity contribution >= 4 is 23.1 Å². The first-order valence-electron chi connectivity index (χ1n) is 14.9. The zero-order chi connectivity index (χ0) is 32.8. The Kier molecular flexibility index (Phi) is 12.6. The van der Waals surface area contributed by atoms with E-state index in [-0.39, 0.29) is 60.3 Å². The van der Waals surface area contributed by atoms with Crippen molar-refractivity contribution in [3.8, 4) is 0 Å². The van der Waals surface area contributed by atoms with Gasteiger partial charge in [0.25, 0.3) is 0 Å². The molecule has 0 radical (unpaired) electrons. The lowest BCUT2D eigenvalue weighted by atomic mass is 9.85. The Bertz CT molecular complexity index is 1070. The van der Waals surface area contributed by atoms with Gasteiger partial charge in [0.2, 0.25) is 46.2 Å². The van der Waals surface area contributed by atoms with Crippen molar-refractivity contribution in [1.82, 2.24) is 0 Å². The molecule has 0 heterocycles. The first-order valence-corrected chi connectivity index (χ1v) is 14.9. The van der Waals surface area contributed by atoms with E-state index < -0.39 is 35.0 Å². The average molecular weight is 605 g/mol. The minimum absolute atomic E-state index is 0.0838. The predicted octanol–water partition coefficient (Wildman–Crippen LogP) is 5.66. The molecule has 10 nitrogen and oxygen atoms in total. The van der Waals surface area contributed by atoms with Crippen molar-refractivity contribution < 1.29 is 47.6 Å². The number of carbonyl (C=O) groups excluding carboxylic acids is 4. The van der Waals surface area contributed by atoms with Gasteiger partial charge in [-0.15, -0.1) is 0 Å². The van der Waals surface area contributed by atoms with Gasteiger partial charge in [-0.05, 0) is 99.6 Å². The molecule has 0 unspecified atom stereocenters. The minimum Gasteiger partial charge on any atom is -0.501 e. The highest BCUT2D eigenvalue weighted by atomic mass is 16.5. The maximum atomic E-state index is 13.6. The average Bonchev–Trinajstić information content (AvgIpc) is 3.26. The van der Waals surface area contributed by atoms with Gasteiger partial charge in [-0.2, -0.15) is 0 Å². The molecule has 0 atom stereocenters. The molecule has 0 bridgehead atoms. The number of allylic oxidation sites excluding steroid dienone is 8. The van der Waals surface area contributed by atoms with Crippen molar-refractivity contribution in [1.29, 1.82) is 0 Å². The second-order valence-corrected chi connectivity index (χ2v) is 11.7. The molecule has 10 heteroatoms. The van der Waals surface area contributed by atoms with Crippen LogP contribution in [-0.2, 0) is 47.6 Å². The summed E-state index contributed by atoms with van der Waals surface area (Å²) in [6, 6.07) is 0. The SMILES string of the molecule is CO/C(C)=C(/CCC/C(=C(/C)OC)C1C(=O)C(OC(C)C)=C(OC(C)C)C1=O)C1C(=O)C(OC(C)C)=C(OC(C)C)C1=O. The highest BCUT2D eigenvalue weighted by Crippen LogP contribution is 2.39. The predicted molar refractivity (Wildman–Crippen MR) is 159 cm³/mol. The van der Waals surface area contributed by atoms with Crippen LogP contribution >= 0.6 is 0 Å². The van der Waals surface area contributed by atoms with Gasteiger partial charge in [0.05, 0.1) is 50.2 Å². The van der Waals surface area contributed by atoms with E-state index in [1.54, 1.807) is 69.2 Å². The zero-order valence-corrected chi connectivity index (χ0v) is 27.7. The molecule has 43 heavy (non-hydrogen) atoms. The van der Waals surface area contributed by atoms with Crippen LogP contribution in [0.4, 0.5) is 0 Å². The van der Waals surface area contributed by atoms with Crippen LogP contribution in [0.2, 0.25) is 0 Å². The molecule has 0 N–H and O–H groups in total. The number of hydrogen-bond donors (Lipinski definition) is 0. The van der Waals surface area contributed by atoms with E-state index in [0.717, 1.165) is 0 Å². The molecule has 0 spiro atoms. The summed E-state index contributed by atoms with van der Waals surface area (Å²) in [7, 11) is 2.94. The van der Waals surface area contributed by atoms with E-state index in [1.165, 1.54) is 14.2 Å². The third-order valence-corrected chi connectivity index (χ3v) is 6.88. The molecule has 2 aliphatic carbocycles. The third-order valence-electron chi connectivity index (χ3n) is 6.88. The second kappa shape index (κ2) is 15.3. The lowest BCUT2D eigenvalue weighted by molar-refractivity contribution is -0.129. The summed E-state index contributed by atoms with van der Waals surface area (Å²) in [5.41, 5.74) is 0.961. The van der Waals surface area contributed by atoms with E-state index in [1.807, 2.05) is 0 Å². The smallest absolute Gasteiger partial charge is 0.216 e. The molecule has 2 aliphatic rings. The molecule has 0 amide bonds. The first-order chi connectivity index (χ1) is 20.1. The Labute approximate surface area is 255 Å². The maximum Gasteiger partial charge on any atom is 0.216 e. The maximum absolute atomic E-state index is 13.6. The summed E-state index contributed by atoms with van der Waals surface area (Å²) in [6.45, 7) is 17.5. The number of ketones is 4. The van der Waals surface area contributed by atoms with Crippen molar-refractivity contribution in [2.24, 2.45) is 11.8 Å². The van der Waals surface area contributed by atoms with Gasteiger partial charge in [0, 0.05) is 0 Å². The van der Waals surface area contributed by atoms with E-state index in [4.69, 9.17) is 28.4 Å². The van der Waals surface area contributed by atoms with Crippen LogP contribution in [0.3, 0.4) is 0 Å². The quantitative estimate of drug-likeness (QED) is 0.161. The Hall–Kier alpha value is -3.56. The Balaban J connectivity index is 2.40. The summed E-state index contributed by atoms with van der Waals surface area (Å²) in [5.74, 6) is -3.75. The molecule has 0 aromatic carbocycles. The van der Waals surface area contributed by atoms with E-state index in [9.17, 15) is 19.2 Å². The molecule has 0 fully saturated rings. The summed E-state index contributed by atoms with van der Waals surface area (Å²) in [6.07, 6.45) is -0.481. The number of methoxy groups -OCH3 is 2. The van der Waals surface area contributed by atoms with Crippen LogP contribution in [0, 0.1) is 11.8 Å². The van der Waals surface area contributed by atoms with Crippen LogP contribution in [0.5, 0.6) is 0 Å². The lowest BCUT2D eigenvalue weighted by Crippen LogP contribution is -2.24. The number of ether oxygens (including phenoxy) is 6. The van der Waals surface area contributed by atoms with Crippen LogP contribution < -0.4 is 0 Å². The van der Waals surface area contributed by atoms with Gasteiger partial charge < -0.3 is 28.4 Å². The van der Waals surface area contributed by atoms with Gasteiger partial charge in [0.1, 0.15) is 11.8 Å². The molecular formula is C33H48O10. The molecule has 0 aliphatic heterocycles. The fourth-order valence-corrected chi connectivity index (χ4v) is 5.01. The largest absolute Gasteiger partial charge is 0.501 e. The van der Waals surface area contributed by atoms with Crippen LogP contribution in [0.1, 0.15) is 88.5 Å². The van der Waals surface area contributed by atoms with Gasteiger partial charge in [-0.3, -0.25) is 19.2 Å². The highest BCUT2D eigenvalue weighted by Gasteiger charge is 2.49. The Morgan fingerprint density at radius 1 is 0.512 bits per heavy atom. The van der Waals surface area contributed by atoms with Gasteiger partial charge >= 0.3 is 0 Å². The van der Waals surface area contributed by atoms with Gasteiger partial charge in [0.15, 0.2) is 0 Å². The van der Waals surface area contributed by atoms with E-state index in [0.29, 0.717) is 29.1 Å². The molecule has 0 aromatic heterocycles. The van der Waals surface area contributed by atoms with Crippen LogP contribution in [-0.4, -0.2) is 61.8 Å². The van der Waals surface area contributed by atoms with Gasteiger partial charge in [-0.1, -0.05) is 0 Å². The lowest BCUT2D eigenvalue weighted by Gasteiger charge is -2.20. The normalized spacial score (nSPS) is 18.0. The standard InChI is InChI=1S/C33H48O10/c1-16(2)40-30-26(34)24(27(35)31(30)41-17(3)4)22(20(9)38-11)14-13-15-23(21(10)39-12)25-28(36)32(42-18(5)6)33(29(25)37)43-19(7)8/h16-19,24-25H,13-15H2,1-12H3/b22-20-,23-21+. The number of carbonyl (C=O) groups is 4. The van der Waals surface area contributed by atoms with Gasteiger partial charge in [-0.25, -0.2) is 0 Å². The molecule has 0 saturated heterocycles. The second-order valence-electron chi connectivity index (χ2n) is 11.7. The molecule has 2 rings (SSSR count). The third kappa shape index (κ3) is 8.30. The van der Waals surface area contributed by atoms with Crippen LogP contribution in [0.25, 0.3) is 0 Å². The molecule has 0 saturated carbocycles. The van der Waals surface area contributed by atoms with Crippen molar-refractivity contribution in [2.75, 3.05) is 14.2 Å². The van der Waals surface area contributed by atoms with E-state index >= 15 is 0 Å². The molecule has 240 valence electrons. The van der Waals surface area contributed by atoms with Crippen LogP contribution in [0.15, 0.2) is 45.7 Å². The first kappa shape index (κ1) is 35.6. The summed E-state index contributed by atoms with van der Waals surface area (Å²) < 4.78 is 34.0. The number of Topliss-reactive ketones (excluding diaryl/α,β-unsaturated/α-hetero) is 4. The Morgan fingerprint density at radius 3 is 0.930 bits per heavy atom. The fraction of sp³-hybridized carbons (Fsp3) is 0.636. The Morgan fingerprint density at radius 2 is 0.744 bits per heavy atom. The van der Waals surface area contributed by atoms with Crippen molar-refractivity contribution in [2.45, 2.75) is 113 Å².